The van der Waals surface area contributed by atoms with Crippen molar-refractivity contribution in [3.8, 4) is 0 Å². The summed E-state index contributed by atoms with van der Waals surface area (Å²) in [6.45, 7) is 3.69. The highest BCUT2D eigenvalue weighted by Gasteiger charge is 2.05. The van der Waals surface area contributed by atoms with Gasteiger partial charge in [0.2, 0.25) is 0 Å². The minimum absolute atomic E-state index is 0.221. The molecule has 0 amide bonds. The highest BCUT2D eigenvalue weighted by Crippen LogP contribution is 2.18. The summed E-state index contributed by atoms with van der Waals surface area (Å²) in [5.74, 6) is -0.221. The smallest absolute Gasteiger partial charge is 0.129 e. The van der Waals surface area contributed by atoms with Crippen LogP contribution in [0.1, 0.15) is 63.9 Å². The summed E-state index contributed by atoms with van der Waals surface area (Å²) in [5.41, 5.74) is 0.578. The lowest BCUT2D eigenvalue weighted by molar-refractivity contribution is 0.546. The molecule has 0 fully saturated rings. The monoisotopic (exact) mass is 299 g/mol. The van der Waals surface area contributed by atoms with Gasteiger partial charge < -0.3 is 5.32 Å². The third-order valence-electron chi connectivity index (χ3n) is 3.57. The zero-order valence-corrected chi connectivity index (χ0v) is 13.3. The van der Waals surface area contributed by atoms with Crippen LogP contribution < -0.4 is 5.32 Å². The zero-order valence-electron chi connectivity index (χ0n) is 12.6. The second-order valence-electron chi connectivity index (χ2n) is 5.35. The van der Waals surface area contributed by atoms with Crippen molar-refractivity contribution in [3.63, 3.8) is 0 Å². The van der Waals surface area contributed by atoms with Crippen molar-refractivity contribution in [2.75, 3.05) is 6.54 Å². The molecule has 0 aromatic heterocycles. The van der Waals surface area contributed by atoms with E-state index in [1.165, 1.54) is 51.0 Å². The Hall–Kier alpha value is -0.600. The van der Waals surface area contributed by atoms with Gasteiger partial charge in [0.05, 0.1) is 0 Å². The molecular weight excluding hydrogens is 273 g/mol. The maximum absolute atomic E-state index is 13.5. The predicted molar refractivity (Wildman–Crippen MR) is 85.7 cm³/mol. The zero-order chi connectivity index (χ0) is 14.6. The summed E-state index contributed by atoms with van der Waals surface area (Å²) in [4.78, 5) is 0. The lowest BCUT2D eigenvalue weighted by Crippen LogP contribution is -2.16. The molecule has 1 nitrogen and oxygen atoms in total. The van der Waals surface area contributed by atoms with Crippen LogP contribution in [0.3, 0.4) is 0 Å². The molecule has 20 heavy (non-hydrogen) atoms. The molecule has 1 rings (SSSR count). The van der Waals surface area contributed by atoms with E-state index in [1.807, 2.05) is 0 Å². The van der Waals surface area contributed by atoms with Crippen LogP contribution in [-0.2, 0) is 6.54 Å². The second-order valence-corrected chi connectivity index (χ2v) is 5.76. The normalized spacial score (nSPS) is 10.9. The van der Waals surface area contributed by atoms with E-state index >= 15 is 0 Å². The Morgan fingerprint density at radius 1 is 1.00 bits per heavy atom. The number of benzene rings is 1. The fraction of sp³-hybridized carbons (Fsp3) is 0.647. The Balaban J connectivity index is 2.00. The van der Waals surface area contributed by atoms with Crippen molar-refractivity contribution in [2.45, 2.75) is 64.8 Å². The average Bonchev–Trinajstić information content (AvgIpc) is 2.43. The summed E-state index contributed by atoms with van der Waals surface area (Å²) in [5, 5.41) is 3.78. The first-order valence-electron chi connectivity index (χ1n) is 7.89. The predicted octanol–water partition coefficient (Wildman–Crippen LogP) is 5.71. The molecule has 0 aliphatic rings. The summed E-state index contributed by atoms with van der Waals surface area (Å²) >= 11 is 5.97. The van der Waals surface area contributed by atoms with Gasteiger partial charge in [-0.05, 0) is 25.1 Å². The van der Waals surface area contributed by atoms with E-state index in [4.69, 9.17) is 11.6 Å². The van der Waals surface area contributed by atoms with Crippen molar-refractivity contribution in [1.29, 1.82) is 0 Å². The average molecular weight is 300 g/mol. The van der Waals surface area contributed by atoms with Gasteiger partial charge in [-0.3, -0.25) is 0 Å². The minimum atomic E-state index is -0.221. The first-order chi connectivity index (χ1) is 9.75. The largest absolute Gasteiger partial charge is 0.313 e. The van der Waals surface area contributed by atoms with Crippen molar-refractivity contribution in [2.24, 2.45) is 0 Å². The fourth-order valence-corrected chi connectivity index (χ4v) is 2.53. The topological polar surface area (TPSA) is 12.0 Å². The van der Waals surface area contributed by atoms with Gasteiger partial charge in [-0.1, -0.05) is 69.5 Å². The first-order valence-corrected chi connectivity index (χ1v) is 8.27. The van der Waals surface area contributed by atoms with Gasteiger partial charge in [-0.2, -0.15) is 0 Å². The molecule has 0 bridgehead atoms. The van der Waals surface area contributed by atoms with Crippen LogP contribution >= 0.6 is 11.6 Å². The van der Waals surface area contributed by atoms with Crippen molar-refractivity contribution in [1.82, 2.24) is 5.32 Å². The van der Waals surface area contributed by atoms with Crippen molar-refractivity contribution < 1.29 is 4.39 Å². The fourth-order valence-electron chi connectivity index (χ4n) is 2.30. The van der Waals surface area contributed by atoms with Crippen molar-refractivity contribution in [3.05, 3.63) is 34.6 Å². The maximum Gasteiger partial charge on any atom is 0.129 e. The SMILES string of the molecule is CCCCCCCCCCNCc1c(F)cccc1Cl. The second kappa shape index (κ2) is 11.1. The molecule has 1 aromatic carbocycles. The number of nitrogens with one attached hydrogen (secondary N) is 1. The van der Waals surface area contributed by atoms with Crippen LogP contribution in [-0.4, -0.2) is 6.54 Å². The molecule has 114 valence electrons. The number of hydrogen-bond donors (Lipinski definition) is 1. The third-order valence-corrected chi connectivity index (χ3v) is 3.92. The van der Waals surface area contributed by atoms with Gasteiger partial charge in [0.15, 0.2) is 0 Å². The Morgan fingerprint density at radius 2 is 1.65 bits per heavy atom. The van der Waals surface area contributed by atoms with E-state index in [9.17, 15) is 4.39 Å². The van der Waals surface area contributed by atoms with Gasteiger partial charge in [-0.25, -0.2) is 4.39 Å². The molecular formula is C17H27ClFN. The number of unbranched alkanes of at least 4 members (excludes halogenated alkanes) is 7. The van der Waals surface area contributed by atoms with E-state index < -0.39 is 0 Å². The molecule has 3 heteroatoms. The molecule has 1 aromatic rings. The highest BCUT2D eigenvalue weighted by atomic mass is 35.5. The molecule has 0 atom stereocenters. The van der Waals surface area contributed by atoms with Crippen molar-refractivity contribution >= 4 is 11.6 Å². The minimum Gasteiger partial charge on any atom is -0.313 e. The van der Waals surface area contributed by atoms with E-state index in [0.717, 1.165) is 13.0 Å². The Labute approximate surface area is 127 Å². The van der Waals surface area contributed by atoms with Gasteiger partial charge in [-0.15, -0.1) is 0 Å². The van der Waals surface area contributed by atoms with Gasteiger partial charge in [0.1, 0.15) is 5.82 Å². The van der Waals surface area contributed by atoms with E-state index in [2.05, 4.69) is 12.2 Å². The van der Waals surface area contributed by atoms with Crippen LogP contribution in [0.25, 0.3) is 0 Å². The van der Waals surface area contributed by atoms with Crippen LogP contribution in [0.2, 0.25) is 5.02 Å². The Kier molecular flexibility index (Phi) is 9.69. The maximum atomic E-state index is 13.5. The highest BCUT2D eigenvalue weighted by molar-refractivity contribution is 6.31. The summed E-state index contributed by atoms with van der Waals surface area (Å²) in [6.07, 6.45) is 10.5. The summed E-state index contributed by atoms with van der Waals surface area (Å²) in [7, 11) is 0. The van der Waals surface area contributed by atoms with Crippen LogP contribution in [0.4, 0.5) is 4.39 Å². The molecule has 0 heterocycles. The van der Waals surface area contributed by atoms with Gasteiger partial charge in [0.25, 0.3) is 0 Å². The van der Waals surface area contributed by atoms with E-state index in [1.54, 1.807) is 12.1 Å². The molecule has 0 aliphatic carbocycles. The molecule has 1 N–H and O–H groups in total. The standard InChI is InChI=1S/C17H27ClFN/c1-2-3-4-5-6-7-8-9-13-20-14-15-16(18)11-10-12-17(15)19/h10-12,20H,2-9,13-14H2,1H3. The number of halogens is 2. The molecule has 0 saturated carbocycles. The Morgan fingerprint density at radius 3 is 2.30 bits per heavy atom. The van der Waals surface area contributed by atoms with E-state index in [0.29, 0.717) is 17.1 Å². The molecule has 0 radical (unpaired) electrons. The summed E-state index contributed by atoms with van der Waals surface area (Å²) in [6, 6.07) is 4.83. The van der Waals surface area contributed by atoms with Gasteiger partial charge in [0, 0.05) is 17.1 Å². The summed E-state index contributed by atoms with van der Waals surface area (Å²) < 4.78 is 13.5. The number of rotatable bonds is 11. The van der Waals surface area contributed by atoms with Crippen LogP contribution in [0, 0.1) is 5.82 Å². The van der Waals surface area contributed by atoms with Crippen LogP contribution in [0.5, 0.6) is 0 Å². The van der Waals surface area contributed by atoms with Gasteiger partial charge >= 0.3 is 0 Å². The van der Waals surface area contributed by atoms with Crippen LogP contribution in [0.15, 0.2) is 18.2 Å². The lowest BCUT2D eigenvalue weighted by Gasteiger charge is -2.07. The van der Waals surface area contributed by atoms with E-state index in [-0.39, 0.29) is 5.82 Å². The first kappa shape index (κ1) is 17.5. The quantitative estimate of drug-likeness (QED) is 0.516. The molecule has 0 aliphatic heterocycles. The molecule has 0 saturated heterocycles. The lowest BCUT2D eigenvalue weighted by atomic mass is 10.1. The third kappa shape index (κ3) is 7.25. The molecule has 0 unspecified atom stereocenters. The number of hydrogen-bond acceptors (Lipinski definition) is 1. The Bertz CT molecular complexity index is 348. The molecule has 0 spiro atoms.